The van der Waals surface area contributed by atoms with Crippen molar-refractivity contribution in [1.29, 1.82) is 0 Å². The molecular formula is C20H25N5O. The summed E-state index contributed by atoms with van der Waals surface area (Å²) < 4.78 is 4.16. The third kappa shape index (κ3) is 3.49. The van der Waals surface area contributed by atoms with Crippen molar-refractivity contribution in [2.45, 2.75) is 39.3 Å². The number of carbonyl (C=O) groups is 1. The topological polar surface area (TPSA) is 56.0 Å². The molecule has 136 valence electrons. The van der Waals surface area contributed by atoms with Crippen molar-refractivity contribution in [3.8, 4) is 0 Å². The van der Waals surface area contributed by atoms with Crippen LogP contribution in [0.3, 0.4) is 0 Å². The quantitative estimate of drug-likeness (QED) is 0.710. The number of likely N-dealkylation sites (tertiary alicyclic amines) is 1. The molecule has 1 aliphatic rings. The molecule has 1 amide bonds. The molecule has 6 nitrogen and oxygen atoms in total. The summed E-state index contributed by atoms with van der Waals surface area (Å²) in [6.45, 7) is 5.16. The van der Waals surface area contributed by atoms with Gasteiger partial charge in [0, 0.05) is 32.0 Å². The number of imidazole rings is 2. The number of carbonyl (C=O) groups excluding carboxylic acids is 1. The minimum absolute atomic E-state index is 0.192. The van der Waals surface area contributed by atoms with Crippen LogP contribution in [0.5, 0.6) is 0 Å². The van der Waals surface area contributed by atoms with Gasteiger partial charge in [0.15, 0.2) is 0 Å². The Labute approximate surface area is 153 Å². The Balaban J connectivity index is 1.29. The van der Waals surface area contributed by atoms with Crippen LogP contribution < -0.4 is 0 Å². The number of fused-ring (bicyclic) bond motifs is 1. The van der Waals surface area contributed by atoms with Crippen LogP contribution in [0.15, 0.2) is 43.0 Å². The number of benzene rings is 1. The summed E-state index contributed by atoms with van der Waals surface area (Å²) in [4.78, 5) is 23.3. The van der Waals surface area contributed by atoms with Gasteiger partial charge in [0.25, 0.3) is 0 Å². The molecule has 3 aromatic rings. The molecule has 1 aliphatic heterocycles. The van der Waals surface area contributed by atoms with E-state index in [4.69, 9.17) is 0 Å². The predicted molar refractivity (Wildman–Crippen MR) is 101 cm³/mol. The Kier molecular flexibility index (Phi) is 4.73. The average molecular weight is 351 g/mol. The SMILES string of the molecule is Cc1nccn1CCC1CCN(C(=O)Cn2cnc3ccccc32)CC1. The molecule has 6 heteroatoms. The lowest BCUT2D eigenvalue weighted by Gasteiger charge is -2.32. The molecule has 0 spiro atoms. The van der Waals surface area contributed by atoms with Gasteiger partial charge in [-0.2, -0.15) is 0 Å². The first kappa shape index (κ1) is 16.8. The Hall–Kier alpha value is -2.63. The first-order chi connectivity index (χ1) is 12.7. The fraction of sp³-hybridized carbons (Fsp3) is 0.450. The molecule has 1 fully saturated rings. The van der Waals surface area contributed by atoms with Gasteiger partial charge in [0.05, 0.1) is 17.4 Å². The minimum Gasteiger partial charge on any atom is -0.341 e. The number of hydrogen-bond donors (Lipinski definition) is 0. The number of piperidine rings is 1. The summed E-state index contributed by atoms with van der Waals surface area (Å²) in [6.07, 6.45) is 9.00. The van der Waals surface area contributed by atoms with E-state index < -0.39 is 0 Å². The van der Waals surface area contributed by atoms with Crippen molar-refractivity contribution in [3.05, 3.63) is 48.8 Å². The van der Waals surface area contributed by atoms with E-state index in [1.54, 1.807) is 6.33 Å². The van der Waals surface area contributed by atoms with Crippen molar-refractivity contribution in [1.82, 2.24) is 24.0 Å². The summed E-state index contributed by atoms with van der Waals surface area (Å²) in [5.74, 6) is 1.96. The number of hydrogen-bond acceptors (Lipinski definition) is 3. The summed E-state index contributed by atoms with van der Waals surface area (Å²) in [7, 11) is 0. The van der Waals surface area contributed by atoms with Crippen LogP contribution in [0.25, 0.3) is 11.0 Å². The Morgan fingerprint density at radius 2 is 1.96 bits per heavy atom. The molecule has 1 saturated heterocycles. The van der Waals surface area contributed by atoms with Crippen molar-refractivity contribution in [2.24, 2.45) is 5.92 Å². The van der Waals surface area contributed by atoms with Gasteiger partial charge in [-0.15, -0.1) is 0 Å². The van der Waals surface area contributed by atoms with E-state index in [1.165, 1.54) is 0 Å². The number of amides is 1. The van der Waals surface area contributed by atoms with Crippen molar-refractivity contribution in [3.63, 3.8) is 0 Å². The van der Waals surface area contributed by atoms with E-state index in [1.807, 2.05) is 53.0 Å². The molecule has 0 atom stereocenters. The molecule has 0 N–H and O–H groups in total. The number of rotatable bonds is 5. The van der Waals surface area contributed by atoms with Gasteiger partial charge >= 0.3 is 0 Å². The maximum absolute atomic E-state index is 12.7. The zero-order chi connectivity index (χ0) is 17.9. The van der Waals surface area contributed by atoms with Gasteiger partial charge in [-0.25, -0.2) is 9.97 Å². The zero-order valence-electron chi connectivity index (χ0n) is 15.2. The van der Waals surface area contributed by atoms with Gasteiger partial charge in [-0.1, -0.05) is 12.1 Å². The van der Waals surface area contributed by atoms with E-state index in [2.05, 4.69) is 14.5 Å². The van der Waals surface area contributed by atoms with Crippen LogP contribution in [0.4, 0.5) is 0 Å². The van der Waals surface area contributed by atoms with Crippen LogP contribution in [0, 0.1) is 12.8 Å². The summed E-state index contributed by atoms with van der Waals surface area (Å²) in [5.41, 5.74) is 1.96. The van der Waals surface area contributed by atoms with Gasteiger partial charge in [0.2, 0.25) is 5.91 Å². The van der Waals surface area contributed by atoms with E-state index in [9.17, 15) is 4.79 Å². The van der Waals surface area contributed by atoms with Gasteiger partial charge in [-0.05, 0) is 44.2 Å². The number of aromatic nitrogens is 4. The highest BCUT2D eigenvalue weighted by molar-refractivity contribution is 5.80. The molecule has 26 heavy (non-hydrogen) atoms. The number of aryl methyl sites for hydroxylation is 2. The highest BCUT2D eigenvalue weighted by Crippen LogP contribution is 2.22. The molecule has 0 unspecified atom stereocenters. The van der Waals surface area contributed by atoms with E-state index >= 15 is 0 Å². The fourth-order valence-electron chi connectivity index (χ4n) is 3.81. The maximum atomic E-state index is 12.7. The average Bonchev–Trinajstić information content (AvgIpc) is 3.27. The Morgan fingerprint density at radius 3 is 2.73 bits per heavy atom. The molecule has 0 bridgehead atoms. The summed E-state index contributed by atoms with van der Waals surface area (Å²) >= 11 is 0. The van der Waals surface area contributed by atoms with Crippen molar-refractivity contribution in [2.75, 3.05) is 13.1 Å². The van der Waals surface area contributed by atoms with Crippen molar-refractivity contribution < 1.29 is 4.79 Å². The highest BCUT2D eigenvalue weighted by atomic mass is 16.2. The maximum Gasteiger partial charge on any atom is 0.242 e. The fourth-order valence-corrected chi connectivity index (χ4v) is 3.81. The van der Waals surface area contributed by atoms with Crippen molar-refractivity contribution >= 4 is 16.9 Å². The third-order valence-corrected chi connectivity index (χ3v) is 5.50. The Morgan fingerprint density at radius 1 is 1.15 bits per heavy atom. The van der Waals surface area contributed by atoms with Gasteiger partial charge in [0.1, 0.15) is 12.4 Å². The summed E-state index contributed by atoms with van der Waals surface area (Å²) in [5, 5.41) is 0. The monoisotopic (exact) mass is 351 g/mol. The Bertz CT molecular complexity index is 888. The normalized spacial score (nSPS) is 15.7. The smallest absolute Gasteiger partial charge is 0.242 e. The van der Waals surface area contributed by atoms with Crippen LogP contribution in [0.2, 0.25) is 0 Å². The van der Waals surface area contributed by atoms with Crippen LogP contribution >= 0.6 is 0 Å². The standard InChI is InChI=1S/C20H25N5O/c1-16-21-9-13-23(16)10-6-17-7-11-24(12-8-17)20(26)14-25-15-22-18-4-2-3-5-19(18)25/h2-5,9,13,15,17H,6-8,10-12,14H2,1H3. The molecule has 1 aromatic carbocycles. The zero-order valence-corrected chi connectivity index (χ0v) is 15.2. The number of nitrogens with zero attached hydrogens (tertiary/aromatic N) is 5. The van der Waals surface area contributed by atoms with E-state index in [0.717, 1.165) is 55.8 Å². The lowest BCUT2D eigenvalue weighted by atomic mass is 9.93. The molecular weight excluding hydrogens is 326 g/mol. The van der Waals surface area contributed by atoms with Gasteiger partial charge < -0.3 is 14.0 Å². The molecule has 3 heterocycles. The molecule has 2 aromatic heterocycles. The molecule has 0 saturated carbocycles. The minimum atomic E-state index is 0.192. The van der Waals surface area contributed by atoms with E-state index in [-0.39, 0.29) is 5.91 Å². The number of para-hydroxylation sites is 2. The second-order valence-corrected chi connectivity index (χ2v) is 7.14. The molecule has 0 aliphatic carbocycles. The van der Waals surface area contributed by atoms with Crippen LogP contribution in [-0.4, -0.2) is 43.0 Å². The second kappa shape index (κ2) is 7.32. The van der Waals surface area contributed by atoms with Gasteiger partial charge in [-0.3, -0.25) is 4.79 Å². The largest absolute Gasteiger partial charge is 0.341 e. The summed E-state index contributed by atoms with van der Waals surface area (Å²) in [6, 6.07) is 7.94. The second-order valence-electron chi connectivity index (χ2n) is 7.14. The lowest BCUT2D eigenvalue weighted by molar-refractivity contribution is -0.133. The van der Waals surface area contributed by atoms with E-state index in [0.29, 0.717) is 12.5 Å². The highest BCUT2D eigenvalue weighted by Gasteiger charge is 2.23. The predicted octanol–water partition coefficient (Wildman–Crippen LogP) is 2.87. The molecule has 0 radical (unpaired) electrons. The third-order valence-electron chi connectivity index (χ3n) is 5.50. The van der Waals surface area contributed by atoms with Crippen LogP contribution in [0.1, 0.15) is 25.1 Å². The lowest BCUT2D eigenvalue weighted by Crippen LogP contribution is -2.40. The first-order valence-corrected chi connectivity index (χ1v) is 9.36. The molecule has 4 rings (SSSR count). The first-order valence-electron chi connectivity index (χ1n) is 9.36. The van der Waals surface area contributed by atoms with Crippen LogP contribution in [-0.2, 0) is 17.9 Å².